The van der Waals surface area contributed by atoms with Gasteiger partial charge in [0.25, 0.3) is 0 Å². The van der Waals surface area contributed by atoms with E-state index in [2.05, 4.69) is 21.2 Å². The number of benzene rings is 1. The van der Waals surface area contributed by atoms with E-state index in [1.54, 1.807) is 6.07 Å². The molecule has 0 bridgehead atoms. The lowest BCUT2D eigenvalue weighted by Gasteiger charge is -2.19. The maximum Gasteiger partial charge on any atom is 0.173 e. The molecule has 1 nitrogen and oxygen atoms in total. The van der Waals surface area contributed by atoms with Gasteiger partial charge < -0.3 is 5.32 Å². The van der Waals surface area contributed by atoms with Gasteiger partial charge in [-0.25, -0.2) is 8.78 Å². The highest BCUT2D eigenvalue weighted by Gasteiger charge is 2.33. The van der Waals surface area contributed by atoms with Gasteiger partial charge in [-0.3, -0.25) is 0 Å². The van der Waals surface area contributed by atoms with E-state index in [4.69, 9.17) is 0 Å². The molecule has 0 spiro atoms. The molecular weight excluding hydrogens is 276 g/mol. The predicted octanol–water partition coefficient (Wildman–Crippen LogP) is 3.79. The average Bonchev–Trinajstić information content (AvgIpc) is 3.08. The second kappa shape index (κ2) is 4.80. The smallest absolute Gasteiger partial charge is 0.173 e. The zero-order valence-corrected chi connectivity index (χ0v) is 10.7. The van der Waals surface area contributed by atoms with Crippen LogP contribution in [0.15, 0.2) is 16.6 Å². The van der Waals surface area contributed by atoms with Crippen LogP contribution in [0.1, 0.15) is 31.4 Å². The van der Waals surface area contributed by atoms with Crippen LogP contribution in [0.4, 0.5) is 8.78 Å². The summed E-state index contributed by atoms with van der Waals surface area (Å²) in [6.45, 7) is 2.84. The van der Waals surface area contributed by atoms with Gasteiger partial charge in [0.1, 0.15) is 0 Å². The summed E-state index contributed by atoms with van der Waals surface area (Å²) in [5.74, 6) is -1.04. The van der Waals surface area contributed by atoms with Crippen LogP contribution in [0.25, 0.3) is 0 Å². The first-order valence-corrected chi connectivity index (χ1v) is 6.31. The fraction of sp³-hybridized carbons (Fsp3) is 0.500. The first kappa shape index (κ1) is 12.0. The summed E-state index contributed by atoms with van der Waals surface area (Å²) in [4.78, 5) is 0. The Balaban J connectivity index is 2.33. The summed E-state index contributed by atoms with van der Waals surface area (Å²) in [5, 5.41) is 3.33. The molecule has 0 aliphatic heterocycles. The van der Waals surface area contributed by atoms with Crippen molar-refractivity contribution in [1.82, 2.24) is 5.32 Å². The molecule has 16 heavy (non-hydrogen) atoms. The first-order chi connectivity index (χ1) is 7.65. The van der Waals surface area contributed by atoms with Crippen LogP contribution in [-0.4, -0.2) is 6.54 Å². The van der Waals surface area contributed by atoms with Crippen LogP contribution >= 0.6 is 15.9 Å². The van der Waals surface area contributed by atoms with E-state index >= 15 is 0 Å². The zero-order valence-electron chi connectivity index (χ0n) is 9.06. The standard InChI is InChI=1S/C12H14BrF2N/c1-2-16-12(7-3-4-7)8-5-6-9(14)11(15)10(8)13/h5-7,12,16H,2-4H2,1H3. The number of hydrogen-bond acceptors (Lipinski definition) is 1. The molecule has 4 heteroatoms. The van der Waals surface area contributed by atoms with Crippen LogP contribution in [-0.2, 0) is 0 Å². The molecular formula is C12H14BrF2N. The van der Waals surface area contributed by atoms with Gasteiger partial charge in [-0.15, -0.1) is 0 Å². The van der Waals surface area contributed by atoms with Crippen LogP contribution in [0.2, 0.25) is 0 Å². The van der Waals surface area contributed by atoms with Crippen molar-refractivity contribution >= 4 is 15.9 Å². The Kier molecular flexibility index (Phi) is 3.60. The Labute approximate surface area is 102 Å². The van der Waals surface area contributed by atoms with Gasteiger partial charge in [0.2, 0.25) is 0 Å². The summed E-state index contributed by atoms with van der Waals surface area (Å²) in [7, 11) is 0. The molecule has 1 N–H and O–H groups in total. The quantitative estimate of drug-likeness (QED) is 0.832. The number of halogens is 3. The topological polar surface area (TPSA) is 12.0 Å². The van der Waals surface area contributed by atoms with Crippen LogP contribution in [0, 0.1) is 17.6 Å². The first-order valence-electron chi connectivity index (χ1n) is 5.52. The van der Waals surface area contributed by atoms with Crippen LogP contribution in [0.5, 0.6) is 0 Å². The van der Waals surface area contributed by atoms with Crippen molar-refractivity contribution in [1.29, 1.82) is 0 Å². The van der Waals surface area contributed by atoms with Crippen molar-refractivity contribution < 1.29 is 8.78 Å². The van der Waals surface area contributed by atoms with E-state index in [9.17, 15) is 8.78 Å². The van der Waals surface area contributed by atoms with Crippen LogP contribution in [0.3, 0.4) is 0 Å². The van der Waals surface area contributed by atoms with E-state index in [0.29, 0.717) is 5.92 Å². The molecule has 1 aromatic rings. The van der Waals surface area contributed by atoms with E-state index < -0.39 is 11.6 Å². The van der Waals surface area contributed by atoms with Gasteiger partial charge in [-0.1, -0.05) is 13.0 Å². The Morgan fingerprint density at radius 3 is 2.69 bits per heavy atom. The molecule has 0 radical (unpaired) electrons. The van der Waals surface area contributed by atoms with Gasteiger partial charge in [0.05, 0.1) is 4.47 Å². The highest BCUT2D eigenvalue weighted by atomic mass is 79.9. The van der Waals surface area contributed by atoms with Gasteiger partial charge in [0, 0.05) is 6.04 Å². The molecule has 1 saturated carbocycles. The van der Waals surface area contributed by atoms with Gasteiger partial charge in [-0.05, 0) is 52.9 Å². The lowest BCUT2D eigenvalue weighted by atomic mass is 10.0. The third kappa shape index (κ3) is 2.28. The minimum Gasteiger partial charge on any atom is -0.310 e. The maximum atomic E-state index is 13.4. The number of nitrogens with one attached hydrogen (secondary N) is 1. The zero-order chi connectivity index (χ0) is 11.7. The molecule has 1 aromatic carbocycles. The van der Waals surface area contributed by atoms with Crippen molar-refractivity contribution in [3.8, 4) is 0 Å². The maximum absolute atomic E-state index is 13.4. The monoisotopic (exact) mass is 289 g/mol. The second-order valence-electron chi connectivity index (χ2n) is 4.14. The fourth-order valence-electron chi connectivity index (χ4n) is 1.96. The normalized spacial score (nSPS) is 17.5. The van der Waals surface area contributed by atoms with Crippen LogP contribution < -0.4 is 5.32 Å². The molecule has 1 fully saturated rings. The Hall–Kier alpha value is -0.480. The molecule has 2 rings (SSSR count). The molecule has 0 saturated heterocycles. The van der Waals surface area contributed by atoms with Gasteiger partial charge in [-0.2, -0.15) is 0 Å². The molecule has 1 aliphatic rings. The molecule has 0 aromatic heterocycles. The van der Waals surface area contributed by atoms with E-state index in [-0.39, 0.29) is 10.5 Å². The molecule has 88 valence electrons. The summed E-state index contributed by atoms with van der Waals surface area (Å²) in [5.41, 5.74) is 0.822. The Morgan fingerprint density at radius 2 is 2.12 bits per heavy atom. The lowest BCUT2D eigenvalue weighted by Crippen LogP contribution is -2.23. The number of hydrogen-bond donors (Lipinski definition) is 1. The highest BCUT2D eigenvalue weighted by Crippen LogP contribution is 2.43. The Bertz CT molecular complexity index is 391. The third-order valence-electron chi connectivity index (χ3n) is 2.92. The summed E-state index contributed by atoms with van der Waals surface area (Å²) in [6, 6.07) is 2.99. The van der Waals surface area contributed by atoms with Gasteiger partial charge >= 0.3 is 0 Å². The summed E-state index contributed by atoms with van der Waals surface area (Å²) < 4.78 is 26.7. The van der Waals surface area contributed by atoms with Crippen molar-refractivity contribution in [2.75, 3.05) is 6.54 Å². The van der Waals surface area contributed by atoms with Gasteiger partial charge in [0.15, 0.2) is 11.6 Å². The second-order valence-corrected chi connectivity index (χ2v) is 4.93. The fourth-order valence-corrected chi connectivity index (χ4v) is 2.53. The minimum atomic E-state index is -0.804. The SMILES string of the molecule is CCNC(c1ccc(F)c(F)c1Br)C1CC1. The predicted molar refractivity (Wildman–Crippen MR) is 63.2 cm³/mol. The van der Waals surface area contributed by atoms with Crippen molar-refractivity contribution in [3.63, 3.8) is 0 Å². The van der Waals surface area contributed by atoms with E-state index in [0.717, 1.165) is 24.9 Å². The summed E-state index contributed by atoms with van der Waals surface area (Å²) in [6.07, 6.45) is 2.31. The minimum absolute atomic E-state index is 0.134. The summed E-state index contributed by atoms with van der Waals surface area (Å²) >= 11 is 3.14. The van der Waals surface area contributed by atoms with E-state index in [1.807, 2.05) is 6.92 Å². The number of rotatable bonds is 4. The van der Waals surface area contributed by atoms with Crippen molar-refractivity contribution in [2.45, 2.75) is 25.8 Å². The van der Waals surface area contributed by atoms with E-state index in [1.165, 1.54) is 6.07 Å². The van der Waals surface area contributed by atoms with Crippen molar-refractivity contribution in [2.24, 2.45) is 5.92 Å². The lowest BCUT2D eigenvalue weighted by molar-refractivity contribution is 0.472. The molecule has 0 amide bonds. The Morgan fingerprint density at radius 1 is 1.44 bits per heavy atom. The molecule has 1 unspecified atom stereocenters. The third-order valence-corrected chi connectivity index (χ3v) is 3.72. The average molecular weight is 290 g/mol. The molecule has 1 atom stereocenters. The van der Waals surface area contributed by atoms with Crippen molar-refractivity contribution in [3.05, 3.63) is 33.8 Å². The molecule has 0 heterocycles. The largest absolute Gasteiger partial charge is 0.310 e. The highest BCUT2D eigenvalue weighted by molar-refractivity contribution is 9.10. The molecule has 1 aliphatic carbocycles.